The van der Waals surface area contributed by atoms with E-state index in [2.05, 4.69) is 0 Å². The Morgan fingerprint density at radius 1 is 0.667 bits per heavy atom. The average Bonchev–Trinajstić information content (AvgIpc) is 2.53. The van der Waals surface area contributed by atoms with E-state index < -0.39 is 53.1 Å². The third-order valence-corrected chi connectivity index (χ3v) is 6.29. The average molecular weight is 426 g/mol. The first-order valence-corrected chi connectivity index (χ1v) is 10.4. The number of halogens is 4. The summed E-state index contributed by atoms with van der Waals surface area (Å²) in [6.45, 7) is -0.541. The first-order valence-electron chi connectivity index (χ1n) is 7.42. The summed E-state index contributed by atoms with van der Waals surface area (Å²) in [5, 5.41) is 0. The van der Waals surface area contributed by atoms with E-state index in [1.807, 2.05) is 9.44 Å². The summed E-state index contributed by atoms with van der Waals surface area (Å²) >= 11 is 0. The van der Waals surface area contributed by atoms with Crippen molar-refractivity contribution in [3.8, 4) is 0 Å². The van der Waals surface area contributed by atoms with Crippen LogP contribution in [0.25, 0.3) is 0 Å². The lowest BCUT2D eigenvalue weighted by molar-refractivity contribution is 0.540. The lowest BCUT2D eigenvalue weighted by Crippen LogP contribution is -2.30. The SMILES string of the molecule is O=S(=O)(NCCCNS(=O)(=O)c1ccc(F)cc1F)c1ccc(F)cc1F. The van der Waals surface area contributed by atoms with E-state index in [0.29, 0.717) is 12.1 Å². The highest BCUT2D eigenvalue weighted by Crippen LogP contribution is 2.16. The van der Waals surface area contributed by atoms with Crippen molar-refractivity contribution in [2.75, 3.05) is 13.1 Å². The molecule has 27 heavy (non-hydrogen) atoms. The van der Waals surface area contributed by atoms with Gasteiger partial charge in [0.1, 0.15) is 33.1 Å². The van der Waals surface area contributed by atoms with E-state index in [9.17, 15) is 34.4 Å². The molecule has 0 aliphatic rings. The lowest BCUT2D eigenvalue weighted by atomic mass is 10.3. The van der Waals surface area contributed by atoms with Gasteiger partial charge in [0.05, 0.1) is 0 Å². The van der Waals surface area contributed by atoms with Crippen LogP contribution in [-0.2, 0) is 20.0 Å². The summed E-state index contributed by atoms with van der Waals surface area (Å²) in [7, 11) is -8.52. The van der Waals surface area contributed by atoms with Gasteiger partial charge in [0, 0.05) is 25.2 Å². The van der Waals surface area contributed by atoms with Crippen LogP contribution in [0.2, 0.25) is 0 Å². The summed E-state index contributed by atoms with van der Waals surface area (Å²) in [5.41, 5.74) is 0. The number of hydrogen-bond donors (Lipinski definition) is 2. The Bertz CT molecular complexity index is 960. The summed E-state index contributed by atoms with van der Waals surface area (Å²) < 4.78 is 104. The monoisotopic (exact) mass is 426 g/mol. The molecule has 0 spiro atoms. The van der Waals surface area contributed by atoms with E-state index in [0.717, 1.165) is 24.3 Å². The van der Waals surface area contributed by atoms with Crippen LogP contribution in [0.3, 0.4) is 0 Å². The molecule has 0 aromatic heterocycles. The van der Waals surface area contributed by atoms with Crippen molar-refractivity contribution in [3.05, 3.63) is 59.7 Å². The Hall–Kier alpha value is -2.02. The standard InChI is InChI=1S/C15H14F4N2O4S2/c16-10-2-4-14(12(18)8-10)26(22,23)20-6-1-7-21-27(24,25)15-5-3-11(17)9-13(15)19/h2-5,8-9,20-21H,1,6-7H2. The van der Waals surface area contributed by atoms with E-state index in [1.54, 1.807) is 0 Å². The highest BCUT2D eigenvalue weighted by atomic mass is 32.2. The van der Waals surface area contributed by atoms with Gasteiger partial charge in [-0.3, -0.25) is 0 Å². The highest BCUT2D eigenvalue weighted by Gasteiger charge is 2.20. The molecule has 0 radical (unpaired) electrons. The van der Waals surface area contributed by atoms with E-state index >= 15 is 0 Å². The molecule has 0 atom stereocenters. The molecule has 0 amide bonds. The van der Waals surface area contributed by atoms with E-state index in [1.165, 1.54) is 0 Å². The number of nitrogens with one attached hydrogen (secondary N) is 2. The quantitative estimate of drug-likeness (QED) is 0.498. The molecule has 0 aliphatic heterocycles. The van der Waals surface area contributed by atoms with Crippen LogP contribution in [0.4, 0.5) is 17.6 Å². The van der Waals surface area contributed by atoms with Crippen LogP contribution in [-0.4, -0.2) is 29.9 Å². The van der Waals surface area contributed by atoms with E-state index in [4.69, 9.17) is 0 Å². The minimum Gasteiger partial charge on any atom is -0.211 e. The fraction of sp³-hybridized carbons (Fsp3) is 0.200. The van der Waals surface area contributed by atoms with Gasteiger partial charge < -0.3 is 0 Å². The molecule has 2 rings (SSSR count). The molecule has 2 aromatic carbocycles. The van der Waals surface area contributed by atoms with Gasteiger partial charge in [-0.2, -0.15) is 0 Å². The van der Waals surface area contributed by atoms with Gasteiger partial charge >= 0.3 is 0 Å². The summed E-state index contributed by atoms with van der Waals surface area (Å²) in [6.07, 6.45) is -0.0515. The summed E-state index contributed by atoms with van der Waals surface area (Å²) in [5.74, 6) is -4.41. The van der Waals surface area contributed by atoms with Gasteiger partial charge in [0.25, 0.3) is 0 Å². The van der Waals surface area contributed by atoms with Crippen molar-refractivity contribution in [2.24, 2.45) is 0 Å². The van der Waals surface area contributed by atoms with Crippen molar-refractivity contribution in [1.82, 2.24) is 9.44 Å². The molecular formula is C15H14F4N2O4S2. The Morgan fingerprint density at radius 3 is 1.37 bits per heavy atom. The molecule has 0 saturated heterocycles. The molecule has 0 unspecified atom stereocenters. The number of benzene rings is 2. The molecule has 0 bridgehead atoms. The fourth-order valence-corrected chi connectivity index (χ4v) is 4.31. The number of rotatable bonds is 8. The lowest BCUT2D eigenvalue weighted by Gasteiger charge is -2.09. The van der Waals surface area contributed by atoms with Crippen molar-refractivity contribution < 1.29 is 34.4 Å². The number of hydrogen-bond acceptors (Lipinski definition) is 4. The third kappa shape index (κ3) is 5.48. The van der Waals surface area contributed by atoms with Crippen molar-refractivity contribution >= 4 is 20.0 Å². The molecule has 148 valence electrons. The molecular weight excluding hydrogens is 412 g/mol. The zero-order chi connectivity index (χ0) is 20.2. The maximum Gasteiger partial charge on any atom is 0.243 e. The Balaban J connectivity index is 1.91. The highest BCUT2D eigenvalue weighted by molar-refractivity contribution is 7.89. The molecule has 0 saturated carbocycles. The Morgan fingerprint density at radius 2 is 1.04 bits per heavy atom. The third-order valence-electron chi connectivity index (χ3n) is 3.30. The van der Waals surface area contributed by atoms with Crippen molar-refractivity contribution in [2.45, 2.75) is 16.2 Å². The Kier molecular flexibility index (Phi) is 6.57. The summed E-state index contributed by atoms with van der Waals surface area (Å²) in [4.78, 5) is -1.50. The fourth-order valence-electron chi connectivity index (χ4n) is 2.04. The zero-order valence-electron chi connectivity index (χ0n) is 13.5. The van der Waals surface area contributed by atoms with Crippen LogP contribution >= 0.6 is 0 Å². The predicted molar refractivity (Wildman–Crippen MR) is 87.7 cm³/mol. The Labute approximate surface area is 153 Å². The first kappa shape index (κ1) is 21.3. The normalized spacial score (nSPS) is 12.3. The molecule has 0 fully saturated rings. The topological polar surface area (TPSA) is 92.3 Å². The number of sulfonamides is 2. The second kappa shape index (κ2) is 8.33. The van der Waals surface area contributed by atoms with Gasteiger partial charge in [-0.1, -0.05) is 0 Å². The second-order valence-electron chi connectivity index (χ2n) is 5.30. The van der Waals surface area contributed by atoms with Crippen LogP contribution in [0.1, 0.15) is 6.42 Å². The van der Waals surface area contributed by atoms with Crippen molar-refractivity contribution in [3.63, 3.8) is 0 Å². The minimum absolute atomic E-state index is 0.0515. The largest absolute Gasteiger partial charge is 0.243 e. The van der Waals surface area contributed by atoms with Gasteiger partial charge in [-0.15, -0.1) is 0 Å². The predicted octanol–water partition coefficient (Wildman–Crippen LogP) is 1.89. The maximum atomic E-state index is 13.5. The van der Waals surface area contributed by atoms with Gasteiger partial charge in [0.2, 0.25) is 20.0 Å². The summed E-state index contributed by atoms with van der Waals surface area (Å²) in [6, 6.07) is 3.91. The van der Waals surface area contributed by atoms with Crippen LogP contribution in [0, 0.1) is 23.3 Å². The zero-order valence-corrected chi connectivity index (χ0v) is 15.2. The smallest absolute Gasteiger partial charge is 0.211 e. The van der Waals surface area contributed by atoms with E-state index in [-0.39, 0.29) is 19.5 Å². The second-order valence-corrected chi connectivity index (χ2v) is 8.77. The van der Waals surface area contributed by atoms with Crippen LogP contribution < -0.4 is 9.44 Å². The van der Waals surface area contributed by atoms with Gasteiger partial charge in [-0.25, -0.2) is 43.8 Å². The van der Waals surface area contributed by atoms with Crippen LogP contribution in [0.5, 0.6) is 0 Å². The van der Waals surface area contributed by atoms with Crippen LogP contribution in [0.15, 0.2) is 46.2 Å². The molecule has 12 heteroatoms. The van der Waals surface area contributed by atoms with Gasteiger partial charge in [-0.05, 0) is 30.7 Å². The molecule has 6 nitrogen and oxygen atoms in total. The van der Waals surface area contributed by atoms with Crippen molar-refractivity contribution in [1.29, 1.82) is 0 Å². The molecule has 0 aliphatic carbocycles. The molecule has 0 heterocycles. The molecule has 2 aromatic rings. The van der Waals surface area contributed by atoms with Gasteiger partial charge in [0.15, 0.2) is 0 Å². The first-order chi connectivity index (χ1) is 12.5. The maximum absolute atomic E-state index is 13.5. The molecule has 2 N–H and O–H groups in total. The minimum atomic E-state index is -4.26.